The topological polar surface area (TPSA) is 75.3 Å². The van der Waals surface area contributed by atoms with Gasteiger partial charge in [0, 0.05) is 22.2 Å². The number of carbonyl (C=O) groups excluding carboxylic acids is 3. The first kappa shape index (κ1) is 17.4. The number of Topliss-reactive ketones (excluding diaryl/α,β-unsaturated/α-hetero) is 1. The zero-order chi connectivity index (χ0) is 18.5. The van der Waals surface area contributed by atoms with Gasteiger partial charge in [-0.1, -0.05) is 48.5 Å². The number of carbonyl (C=O) groups is 3. The van der Waals surface area contributed by atoms with Crippen LogP contribution in [0.25, 0.3) is 10.8 Å². The fourth-order valence-corrected chi connectivity index (χ4v) is 2.65. The van der Waals surface area contributed by atoms with Crippen molar-refractivity contribution in [1.82, 2.24) is 5.32 Å². The molecule has 3 aromatic carbocycles. The summed E-state index contributed by atoms with van der Waals surface area (Å²) in [5, 5.41) is 7.36. The maximum atomic E-state index is 12.2. The molecular formula is C21H18N2O3. The van der Waals surface area contributed by atoms with Gasteiger partial charge in [-0.3, -0.25) is 14.4 Å². The Labute approximate surface area is 151 Å². The van der Waals surface area contributed by atoms with Crippen molar-refractivity contribution >= 4 is 34.1 Å². The molecule has 2 N–H and O–H groups in total. The van der Waals surface area contributed by atoms with E-state index in [2.05, 4.69) is 10.6 Å². The van der Waals surface area contributed by atoms with Gasteiger partial charge in [-0.2, -0.15) is 0 Å². The highest BCUT2D eigenvalue weighted by molar-refractivity contribution is 6.04. The number of ketones is 1. The number of nitrogens with one attached hydrogen (secondary N) is 2. The molecule has 0 bridgehead atoms. The smallest absolute Gasteiger partial charge is 0.251 e. The summed E-state index contributed by atoms with van der Waals surface area (Å²) in [6.45, 7) is 1.32. The van der Waals surface area contributed by atoms with Crippen LogP contribution in [0.4, 0.5) is 5.69 Å². The van der Waals surface area contributed by atoms with Gasteiger partial charge in [0.25, 0.3) is 5.91 Å². The van der Waals surface area contributed by atoms with Crippen LogP contribution in [0.2, 0.25) is 0 Å². The molecule has 0 aliphatic carbocycles. The third kappa shape index (κ3) is 3.95. The van der Waals surface area contributed by atoms with E-state index in [1.54, 1.807) is 24.3 Å². The van der Waals surface area contributed by atoms with Crippen LogP contribution < -0.4 is 10.6 Å². The standard InChI is InChI=1S/C21H18N2O3/c1-14(24)15-9-11-17(12-10-15)21(26)22-13-20(25)23-19-8-4-6-16-5-2-3-7-18(16)19/h2-12H,13H2,1H3,(H,22,26)(H,23,25). The van der Waals surface area contributed by atoms with Gasteiger partial charge in [-0.05, 0) is 30.5 Å². The molecule has 0 spiro atoms. The van der Waals surface area contributed by atoms with E-state index in [9.17, 15) is 14.4 Å². The number of hydrogen-bond acceptors (Lipinski definition) is 3. The second-order valence-electron chi connectivity index (χ2n) is 5.89. The van der Waals surface area contributed by atoms with Crippen molar-refractivity contribution in [2.24, 2.45) is 0 Å². The monoisotopic (exact) mass is 346 g/mol. The van der Waals surface area contributed by atoms with Crippen molar-refractivity contribution in [1.29, 1.82) is 0 Å². The second kappa shape index (κ2) is 7.61. The van der Waals surface area contributed by atoms with E-state index < -0.39 is 0 Å². The Morgan fingerprint density at radius 3 is 2.19 bits per heavy atom. The highest BCUT2D eigenvalue weighted by Crippen LogP contribution is 2.22. The van der Waals surface area contributed by atoms with Crippen LogP contribution >= 0.6 is 0 Å². The van der Waals surface area contributed by atoms with Crippen LogP contribution in [0, 0.1) is 0 Å². The Morgan fingerprint density at radius 1 is 0.808 bits per heavy atom. The molecular weight excluding hydrogens is 328 g/mol. The van der Waals surface area contributed by atoms with E-state index >= 15 is 0 Å². The predicted molar refractivity (Wildman–Crippen MR) is 101 cm³/mol. The highest BCUT2D eigenvalue weighted by Gasteiger charge is 2.10. The van der Waals surface area contributed by atoms with Gasteiger partial charge in [0.05, 0.1) is 6.54 Å². The van der Waals surface area contributed by atoms with Crippen molar-refractivity contribution in [2.45, 2.75) is 6.92 Å². The minimum atomic E-state index is -0.367. The fourth-order valence-electron chi connectivity index (χ4n) is 2.65. The summed E-state index contributed by atoms with van der Waals surface area (Å²) in [6, 6.07) is 19.7. The van der Waals surface area contributed by atoms with Gasteiger partial charge in [0.1, 0.15) is 0 Å². The van der Waals surface area contributed by atoms with E-state index in [0.717, 1.165) is 10.8 Å². The number of hydrogen-bond donors (Lipinski definition) is 2. The van der Waals surface area contributed by atoms with Gasteiger partial charge in [0.15, 0.2) is 5.78 Å². The third-order valence-electron chi connectivity index (χ3n) is 4.03. The van der Waals surface area contributed by atoms with Crippen LogP contribution in [0.5, 0.6) is 0 Å². The zero-order valence-corrected chi connectivity index (χ0v) is 14.3. The van der Waals surface area contributed by atoms with Crippen molar-refractivity contribution in [3.63, 3.8) is 0 Å². The maximum Gasteiger partial charge on any atom is 0.251 e. The van der Waals surface area contributed by atoms with Crippen molar-refractivity contribution in [3.05, 3.63) is 77.9 Å². The van der Waals surface area contributed by atoms with Crippen LogP contribution in [0.3, 0.4) is 0 Å². The Balaban J connectivity index is 1.61. The second-order valence-corrected chi connectivity index (χ2v) is 5.89. The molecule has 0 atom stereocenters. The van der Waals surface area contributed by atoms with Crippen LogP contribution in [0.15, 0.2) is 66.7 Å². The average Bonchev–Trinajstić information content (AvgIpc) is 2.66. The molecule has 26 heavy (non-hydrogen) atoms. The lowest BCUT2D eigenvalue weighted by molar-refractivity contribution is -0.115. The van der Waals surface area contributed by atoms with Gasteiger partial charge in [-0.25, -0.2) is 0 Å². The summed E-state index contributed by atoms with van der Waals surface area (Å²) in [6.07, 6.45) is 0. The number of anilines is 1. The molecule has 0 aromatic heterocycles. The van der Waals surface area contributed by atoms with Crippen molar-refractivity contribution < 1.29 is 14.4 Å². The summed E-state index contributed by atoms with van der Waals surface area (Å²) in [4.78, 5) is 35.5. The van der Waals surface area contributed by atoms with Crippen LogP contribution in [-0.4, -0.2) is 24.1 Å². The first-order chi connectivity index (χ1) is 12.5. The van der Waals surface area contributed by atoms with Crippen molar-refractivity contribution in [3.8, 4) is 0 Å². The molecule has 0 aliphatic rings. The lowest BCUT2D eigenvalue weighted by Gasteiger charge is -2.10. The van der Waals surface area contributed by atoms with Crippen LogP contribution in [0.1, 0.15) is 27.6 Å². The van der Waals surface area contributed by atoms with Crippen molar-refractivity contribution in [2.75, 3.05) is 11.9 Å². The molecule has 0 saturated carbocycles. The summed E-state index contributed by atoms with van der Waals surface area (Å²) in [5.74, 6) is -0.741. The van der Waals surface area contributed by atoms with Gasteiger partial charge < -0.3 is 10.6 Å². The summed E-state index contributed by atoms with van der Waals surface area (Å²) < 4.78 is 0. The number of fused-ring (bicyclic) bond motifs is 1. The lowest BCUT2D eigenvalue weighted by atomic mass is 10.1. The molecule has 3 aromatic rings. The summed E-state index contributed by atoms with van der Waals surface area (Å²) in [7, 11) is 0. The number of benzene rings is 3. The molecule has 0 radical (unpaired) electrons. The fraction of sp³-hybridized carbons (Fsp3) is 0.0952. The number of amides is 2. The van der Waals surface area contributed by atoms with Gasteiger partial charge >= 0.3 is 0 Å². The van der Waals surface area contributed by atoms with E-state index in [1.807, 2.05) is 42.5 Å². The third-order valence-corrected chi connectivity index (χ3v) is 4.03. The van der Waals surface area contributed by atoms with E-state index in [-0.39, 0.29) is 24.1 Å². The predicted octanol–water partition coefficient (Wildman–Crippen LogP) is 3.41. The Hall–Kier alpha value is -3.47. The largest absolute Gasteiger partial charge is 0.343 e. The molecule has 0 fully saturated rings. The Morgan fingerprint density at radius 2 is 1.46 bits per heavy atom. The normalized spacial score (nSPS) is 10.3. The summed E-state index contributed by atoms with van der Waals surface area (Å²) in [5.41, 5.74) is 1.64. The Bertz CT molecular complexity index is 973. The minimum absolute atomic E-state index is 0.0635. The van der Waals surface area contributed by atoms with Gasteiger partial charge in [0.2, 0.25) is 5.91 Å². The zero-order valence-electron chi connectivity index (χ0n) is 14.3. The van der Waals surface area contributed by atoms with Gasteiger partial charge in [-0.15, -0.1) is 0 Å². The molecule has 0 aliphatic heterocycles. The first-order valence-electron chi connectivity index (χ1n) is 8.21. The van der Waals surface area contributed by atoms with E-state index in [1.165, 1.54) is 6.92 Å². The first-order valence-corrected chi connectivity index (χ1v) is 8.21. The lowest BCUT2D eigenvalue weighted by Crippen LogP contribution is -2.32. The molecule has 0 heterocycles. The highest BCUT2D eigenvalue weighted by atomic mass is 16.2. The minimum Gasteiger partial charge on any atom is -0.343 e. The molecule has 2 amide bonds. The Kier molecular flexibility index (Phi) is 5.08. The maximum absolute atomic E-state index is 12.2. The molecule has 0 saturated heterocycles. The summed E-state index contributed by atoms with van der Waals surface area (Å²) >= 11 is 0. The quantitative estimate of drug-likeness (QED) is 0.695. The van der Waals surface area contributed by atoms with Crippen LogP contribution in [-0.2, 0) is 4.79 Å². The molecule has 5 nitrogen and oxygen atoms in total. The van der Waals surface area contributed by atoms with E-state index in [4.69, 9.17) is 0 Å². The van der Waals surface area contributed by atoms with E-state index in [0.29, 0.717) is 16.8 Å². The SMILES string of the molecule is CC(=O)c1ccc(C(=O)NCC(=O)Nc2cccc3ccccc23)cc1. The molecule has 0 unspecified atom stereocenters. The molecule has 5 heteroatoms. The molecule has 3 rings (SSSR count). The molecule has 130 valence electrons. The average molecular weight is 346 g/mol. The number of rotatable bonds is 5.